The Balaban J connectivity index is 1.66. The fourth-order valence-electron chi connectivity index (χ4n) is 2.98. The summed E-state index contributed by atoms with van der Waals surface area (Å²) in [6.07, 6.45) is 0.995. The Morgan fingerprint density at radius 2 is 2.23 bits per heavy atom. The molecular formula is C16H22N4O2. The van der Waals surface area contributed by atoms with Crippen molar-refractivity contribution in [2.75, 3.05) is 33.3 Å². The normalized spacial score (nSPS) is 19.7. The van der Waals surface area contributed by atoms with Crippen LogP contribution in [0, 0.1) is 0 Å². The number of aromatic nitrogens is 2. The number of aromatic amines is 1. The summed E-state index contributed by atoms with van der Waals surface area (Å²) in [5, 5.41) is 9.13. The Hall–Kier alpha value is -1.92. The number of H-pyrrole nitrogens is 1. The number of hydrogen-bond donors (Lipinski definition) is 2. The van der Waals surface area contributed by atoms with Crippen molar-refractivity contribution in [2.24, 2.45) is 0 Å². The molecule has 1 amide bonds. The Morgan fingerprint density at radius 1 is 1.41 bits per heavy atom. The van der Waals surface area contributed by atoms with Gasteiger partial charge in [-0.25, -0.2) is 4.98 Å². The molecule has 1 atom stereocenters. The average molecular weight is 302 g/mol. The molecule has 6 heteroatoms. The van der Waals surface area contributed by atoms with E-state index in [-0.39, 0.29) is 18.6 Å². The molecule has 2 N–H and O–H groups in total. The highest BCUT2D eigenvalue weighted by molar-refractivity contribution is 5.80. The molecule has 2 aromatic rings. The van der Waals surface area contributed by atoms with Crippen LogP contribution in [-0.2, 0) is 11.2 Å². The summed E-state index contributed by atoms with van der Waals surface area (Å²) in [6, 6.07) is 8.02. The lowest BCUT2D eigenvalue weighted by Crippen LogP contribution is -2.53. The molecule has 1 saturated heterocycles. The van der Waals surface area contributed by atoms with E-state index >= 15 is 0 Å². The summed E-state index contributed by atoms with van der Waals surface area (Å²) in [5.74, 6) is 0.805. The number of aliphatic hydroxyl groups is 1. The molecule has 1 fully saturated rings. The smallest absolute Gasteiger partial charge is 0.230 e. The summed E-state index contributed by atoms with van der Waals surface area (Å²) in [5.41, 5.74) is 1.85. The quantitative estimate of drug-likeness (QED) is 0.869. The van der Waals surface area contributed by atoms with Crippen LogP contribution in [0.25, 0.3) is 11.0 Å². The van der Waals surface area contributed by atoms with Crippen molar-refractivity contribution in [3.05, 3.63) is 30.1 Å². The number of fused-ring (bicyclic) bond motifs is 1. The fraction of sp³-hybridized carbons (Fsp3) is 0.500. The van der Waals surface area contributed by atoms with Gasteiger partial charge in [0.25, 0.3) is 0 Å². The molecule has 1 aliphatic heterocycles. The highest BCUT2D eigenvalue weighted by Crippen LogP contribution is 2.14. The third kappa shape index (κ3) is 3.13. The first-order valence-electron chi connectivity index (χ1n) is 7.70. The van der Waals surface area contributed by atoms with Crippen LogP contribution in [0.1, 0.15) is 12.2 Å². The molecule has 118 valence electrons. The van der Waals surface area contributed by atoms with Gasteiger partial charge in [0.2, 0.25) is 5.91 Å². The Labute approximate surface area is 129 Å². The lowest BCUT2D eigenvalue weighted by Gasteiger charge is -2.39. The van der Waals surface area contributed by atoms with Gasteiger partial charge in [-0.05, 0) is 25.6 Å². The minimum Gasteiger partial charge on any atom is -0.396 e. The van der Waals surface area contributed by atoms with Crippen LogP contribution in [0.4, 0.5) is 0 Å². The van der Waals surface area contributed by atoms with Crippen molar-refractivity contribution in [1.82, 2.24) is 19.8 Å². The van der Waals surface area contributed by atoms with Crippen LogP contribution < -0.4 is 0 Å². The summed E-state index contributed by atoms with van der Waals surface area (Å²) in [7, 11) is 2.04. The lowest BCUT2D eigenvalue weighted by molar-refractivity contribution is -0.133. The number of carbonyl (C=O) groups is 1. The van der Waals surface area contributed by atoms with Crippen LogP contribution >= 0.6 is 0 Å². The Morgan fingerprint density at radius 3 is 3.00 bits per heavy atom. The summed E-state index contributed by atoms with van der Waals surface area (Å²) >= 11 is 0. The number of nitrogens with zero attached hydrogens (tertiary/aromatic N) is 3. The molecule has 0 spiro atoms. The molecule has 0 unspecified atom stereocenters. The first-order valence-corrected chi connectivity index (χ1v) is 7.70. The molecule has 1 aromatic carbocycles. The number of piperazine rings is 1. The molecule has 3 rings (SSSR count). The number of amides is 1. The van der Waals surface area contributed by atoms with E-state index in [9.17, 15) is 4.79 Å². The highest BCUT2D eigenvalue weighted by Gasteiger charge is 2.27. The second kappa shape index (κ2) is 6.46. The zero-order valence-corrected chi connectivity index (χ0v) is 12.8. The maximum atomic E-state index is 12.5. The van der Waals surface area contributed by atoms with E-state index in [1.165, 1.54) is 0 Å². The molecule has 2 heterocycles. The van der Waals surface area contributed by atoms with Gasteiger partial charge in [0, 0.05) is 32.3 Å². The van der Waals surface area contributed by atoms with Crippen LogP contribution in [0.15, 0.2) is 24.3 Å². The Bertz CT molecular complexity index is 621. The van der Waals surface area contributed by atoms with Gasteiger partial charge in [-0.15, -0.1) is 0 Å². The van der Waals surface area contributed by atoms with Gasteiger partial charge in [-0.2, -0.15) is 0 Å². The molecular weight excluding hydrogens is 280 g/mol. The number of rotatable bonds is 4. The number of nitrogens with one attached hydrogen (secondary N) is 1. The van der Waals surface area contributed by atoms with E-state index in [4.69, 9.17) is 5.11 Å². The van der Waals surface area contributed by atoms with E-state index in [2.05, 4.69) is 14.9 Å². The summed E-state index contributed by atoms with van der Waals surface area (Å²) in [4.78, 5) is 24.2. The van der Waals surface area contributed by atoms with E-state index in [0.717, 1.165) is 24.1 Å². The molecule has 0 radical (unpaired) electrons. The van der Waals surface area contributed by atoms with Gasteiger partial charge in [0.15, 0.2) is 0 Å². The first kappa shape index (κ1) is 15.0. The number of para-hydroxylation sites is 2. The van der Waals surface area contributed by atoms with Crippen molar-refractivity contribution >= 4 is 16.9 Å². The number of hydrogen-bond acceptors (Lipinski definition) is 4. The van der Waals surface area contributed by atoms with Crippen molar-refractivity contribution in [1.29, 1.82) is 0 Å². The molecule has 0 saturated carbocycles. The number of benzene rings is 1. The van der Waals surface area contributed by atoms with E-state index < -0.39 is 0 Å². The largest absolute Gasteiger partial charge is 0.396 e. The molecule has 6 nitrogen and oxygen atoms in total. The third-order valence-electron chi connectivity index (χ3n) is 4.35. The minimum absolute atomic E-state index is 0.0927. The highest BCUT2D eigenvalue weighted by atomic mass is 16.3. The van der Waals surface area contributed by atoms with Gasteiger partial charge in [0.05, 0.1) is 17.5 Å². The second-order valence-corrected chi connectivity index (χ2v) is 5.86. The predicted molar refractivity (Wildman–Crippen MR) is 84.5 cm³/mol. The number of carbonyl (C=O) groups excluding carboxylic acids is 1. The molecule has 0 bridgehead atoms. The van der Waals surface area contributed by atoms with Gasteiger partial charge in [-0.1, -0.05) is 12.1 Å². The molecule has 1 aliphatic rings. The van der Waals surface area contributed by atoms with Crippen LogP contribution in [0.2, 0.25) is 0 Å². The monoisotopic (exact) mass is 302 g/mol. The maximum Gasteiger partial charge on any atom is 0.230 e. The third-order valence-corrected chi connectivity index (χ3v) is 4.35. The van der Waals surface area contributed by atoms with Gasteiger partial charge in [0.1, 0.15) is 5.82 Å². The Kier molecular flexibility index (Phi) is 4.40. The summed E-state index contributed by atoms with van der Waals surface area (Å²) in [6.45, 7) is 2.41. The second-order valence-electron chi connectivity index (χ2n) is 5.86. The van der Waals surface area contributed by atoms with Crippen LogP contribution in [-0.4, -0.2) is 70.1 Å². The zero-order chi connectivity index (χ0) is 15.5. The summed E-state index contributed by atoms with van der Waals surface area (Å²) < 4.78 is 0. The first-order chi connectivity index (χ1) is 10.7. The predicted octanol–water partition coefficient (Wildman–Crippen LogP) is 0.630. The lowest BCUT2D eigenvalue weighted by atomic mass is 10.1. The van der Waals surface area contributed by atoms with Crippen molar-refractivity contribution < 1.29 is 9.90 Å². The van der Waals surface area contributed by atoms with Gasteiger partial charge >= 0.3 is 0 Å². The molecule has 1 aromatic heterocycles. The molecule has 22 heavy (non-hydrogen) atoms. The van der Waals surface area contributed by atoms with Crippen LogP contribution in [0.5, 0.6) is 0 Å². The number of imidazole rings is 1. The topological polar surface area (TPSA) is 72.5 Å². The zero-order valence-electron chi connectivity index (χ0n) is 12.8. The van der Waals surface area contributed by atoms with E-state index in [1.807, 2.05) is 36.2 Å². The minimum atomic E-state index is 0.0927. The van der Waals surface area contributed by atoms with Crippen molar-refractivity contribution in [3.8, 4) is 0 Å². The SMILES string of the molecule is CN1CCN(C(=O)Cc2nc3ccccc3[nH]2)C[C@H]1CCO. The standard InChI is InChI=1S/C16H22N4O2/c1-19-7-8-20(11-12(19)6-9-21)16(22)10-15-17-13-4-2-3-5-14(13)18-15/h2-5,12,21H,6-11H2,1H3,(H,17,18)/t12-/m1/s1. The fourth-order valence-corrected chi connectivity index (χ4v) is 2.98. The van der Waals surface area contributed by atoms with Crippen molar-refractivity contribution in [2.45, 2.75) is 18.9 Å². The van der Waals surface area contributed by atoms with E-state index in [1.54, 1.807) is 0 Å². The molecule has 0 aliphatic carbocycles. The number of likely N-dealkylation sites (N-methyl/N-ethyl adjacent to an activating group) is 1. The van der Waals surface area contributed by atoms with Gasteiger partial charge < -0.3 is 15.0 Å². The maximum absolute atomic E-state index is 12.5. The van der Waals surface area contributed by atoms with E-state index in [0.29, 0.717) is 25.2 Å². The number of aliphatic hydroxyl groups excluding tert-OH is 1. The van der Waals surface area contributed by atoms with Crippen LogP contribution in [0.3, 0.4) is 0 Å². The van der Waals surface area contributed by atoms with Crippen molar-refractivity contribution in [3.63, 3.8) is 0 Å². The average Bonchev–Trinajstić information content (AvgIpc) is 2.91. The van der Waals surface area contributed by atoms with Gasteiger partial charge in [-0.3, -0.25) is 9.69 Å².